The van der Waals surface area contributed by atoms with Crippen LogP contribution in [0.25, 0.3) is 0 Å². The van der Waals surface area contributed by atoms with Gasteiger partial charge >= 0.3 is 0 Å². The monoisotopic (exact) mass is 266 g/mol. The molecular formula is C15H26N2O2. The van der Waals surface area contributed by atoms with Gasteiger partial charge in [-0.15, -0.1) is 0 Å². The molecule has 3 aliphatic rings. The van der Waals surface area contributed by atoms with Crippen LogP contribution >= 0.6 is 0 Å². The van der Waals surface area contributed by atoms with Crippen molar-refractivity contribution in [2.45, 2.75) is 70.1 Å². The zero-order valence-corrected chi connectivity index (χ0v) is 11.9. The molecule has 1 spiro atoms. The molecule has 0 bridgehead atoms. The third-order valence-electron chi connectivity index (χ3n) is 5.38. The van der Waals surface area contributed by atoms with Crippen molar-refractivity contribution in [1.29, 1.82) is 0 Å². The van der Waals surface area contributed by atoms with Crippen molar-refractivity contribution in [3.05, 3.63) is 0 Å². The molecule has 3 unspecified atom stereocenters. The number of hydrogen-bond donors (Lipinski definition) is 2. The summed E-state index contributed by atoms with van der Waals surface area (Å²) in [4.78, 5) is 12.2. The Balaban J connectivity index is 1.60. The Bertz CT molecular complexity index is 333. The van der Waals surface area contributed by atoms with Crippen LogP contribution in [0.5, 0.6) is 0 Å². The van der Waals surface area contributed by atoms with Crippen molar-refractivity contribution < 1.29 is 9.53 Å². The second-order valence-electron chi connectivity index (χ2n) is 6.33. The highest BCUT2D eigenvalue weighted by Crippen LogP contribution is 2.54. The van der Waals surface area contributed by atoms with Gasteiger partial charge in [0.05, 0.1) is 12.1 Å². The lowest BCUT2D eigenvalue weighted by Gasteiger charge is -2.54. The molecule has 1 saturated heterocycles. The van der Waals surface area contributed by atoms with E-state index < -0.39 is 0 Å². The van der Waals surface area contributed by atoms with E-state index in [9.17, 15) is 4.79 Å². The third-order valence-corrected chi connectivity index (χ3v) is 5.38. The average Bonchev–Trinajstić information content (AvgIpc) is 3.09. The van der Waals surface area contributed by atoms with E-state index in [2.05, 4.69) is 17.6 Å². The minimum absolute atomic E-state index is 0.0459. The van der Waals surface area contributed by atoms with Gasteiger partial charge in [-0.25, -0.2) is 0 Å². The van der Waals surface area contributed by atoms with E-state index in [1.54, 1.807) is 0 Å². The summed E-state index contributed by atoms with van der Waals surface area (Å²) in [5.41, 5.74) is 0.254. The van der Waals surface area contributed by atoms with Gasteiger partial charge in [0.15, 0.2) is 0 Å². The summed E-state index contributed by atoms with van der Waals surface area (Å²) in [5.74, 6) is 0.212. The van der Waals surface area contributed by atoms with E-state index >= 15 is 0 Å². The van der Waals surface area contributed by atoms with Gasteiger partial charge in [0.25, 0.3) is 0 Å². The van der Waals surface area contributed by atoms with Gasteiger partial charge in [-0.3, -0.25) is 4.79 Å². The first-order valence-electron chi connectivity index (χ1n) is 7.91. The Kier molecular flexibility index (Phi) is 3.81. The summed E-state index contributed by atoms with van der Waals surface area (Å²) in [7, 11) is 0. The third kappa shape index (κ3) is 2.29. The Labute approximate surface area is 115 Å². The van der Waals surface area contributed by atoms with E-state index in [0.717, 1.165) is 32.4 Å². The molecule has 2 aliphatic carbocycles. The molecular weight excluding hydrogens is 240 g/mol. The molecule has 4 heteroatoms. The van der Waals surface area contributed by atoms with E-state index in [-0.39, 0.29) is 17.4 Å². The second kappa shape index (κ2) is 5.41. The second-order valence-corrected chi connectivity index (χ2v) is 6.33. The van der Waals surface area contributed by atoms with Gasteiger partial charge in [-0.1, -0.05) is 12.8 Å². The molecule has 3 fully saturated rings. The molecule has 19 heavy (non-hydrogen) atoms. The topological polar surface area (TPSA) is 50.4 Å². The average molecular weight is 266 g/mol. The zero-order chi connectivity index (χ0) is 13.3. The quantitative estimate of drug-likeness (QED) is 0.812. The highest BCUT2D eigenvalue weighted by Gasteiger charge is 2.57. The molecule has 0 aromatic heterocycles. The molecule has 1 aliphatic heterocycles. The van der Waals surface area contributed by atoms with Crippen molar-refractivity contribution in [2.24, 2.45) is 5.41 Å². The van der Waals surface area contributed by atoms with Crippen LogP contribution in [0, 0.1) is 5.41 Å². The van der Waals surface area contributed by atoms with Crippen LogP contribution in [-0.2, 0) is 9.53 Å². The standard InChI is InChI=1S/C15H26N2O2/c1-2-19-13-10-12(15(13)7-3-4-8-15)17-14(18)11-6-5-9-16-11/h11-13,16H,2-10H2,1H3,(H,17,18). The normalized spacial score (nSPS) is 36.4. The Morgan fingerprint density at radius 2 is 2.16 bits per heavy atom. The lowest BCUT2D eigenvalue weighted by molar-refractivity contribution is -0.145. The van der Waals surface area contributed by atoms with Crippen LogP contribution in [0.1, 0.15) is 51.9 Å². The van der Waals surface area contributed by atoms with Crippen molar-refractivity contribution in [2.75, 3.05) is 13.2 Å². The van der Waals surface area contributed by atoms with Gasteiger partial charge in [0.2, 0.25) is 5.91 Å². The number of nitrogens with one attached hydrogen (secondary N) is 2. The lowest BCUT2D eigenvalue weighted by Crippen LogP contribution is -2.65. The lowest BCUT2D eigenvalue weighted by atomic mass is 9.60. The molecule has 4 nitrogen and oxygen atoms in total. The van der Waals surface area contributed by atoms with Crippen molar-refractivity contribution >= 4 is 5.91 Å². The van der Waals surface area contributed by atoms with Gasteiger partial charge in [-0.05, 0) is 45.6 Å². The van der Waals surface area contributed by atoms with Crippen LogP contribution in [0.2, 0.25) is 0 Å². The fraction of sp³-hybridized carbons (Fsp3) is 0.933. The van der Waals surface area contributed by atoms with Crippen LogP contribution < -0.4 is 10.6 Å². The van der Waals surface area contributed by atoms with Crippen LogP contribution in [0.3, 0.4) is 0 Å². The maximum absolute atomic E-state index is 12.2. The summed E-state index contributed by atoms with van der Waals surface area (Å²) in [6.45, 7) is 3.84. The molecule has 1 amide bonds. The van der Waals surface area contributed by atoms with E-state index in [4.69, 9.17) is 4.74 Å². The number of carbonyl (C=O) groups excluding carboxylic acids is 1. The molecule has 0 aromatic rings. The smallest absolute Gasteiger partial charge is 0.237 e. The summed E-state index contributed by atoms with van der Waals surface area (Å²) < 4.78 is 5.89. The number of ether oxygens (including phenoxy) is 1. The van der Waals surface area contributed by atoms with E-state index in [1.165, 1.54) is 25.7 Å². The van der Waals surface area contributed by atoms with E-state index in [0.29, 0.717) is 12.1 Å². The number of hydrogen-bond acceptors (Lipinski definition) is 3. The minimum Gasteiger partial charge on any atom is -0.378 e. The predicted octanol–water partition coefficient (Wildman–Crippen LogP) is 1.59. The molecule has 0 aromatic carbocycles. The summed E-state index contributed by atoms with van der Waals surface area (Å²) in [6.07, 6.45) is 8.51. The zero-order valence-electron chi connectivity index (χ0n) is 11.9. The predicted molar refractivity (Wildman–Crippen MR) is 73.9 cm³/mol. The highest BCUT2D eigenvalue weighted by molar-refractivity contribution is 5.82. The Morgan fingerprint density at radius 1 is 1.37 bits per heavy atom. The van der Waals surface area contributed by atoms with Crippen LogP contribution in [0.4, 0.5) is 0 Å². The van der Waals surface area contributed by atoms with Crippen LogP contribution in [0.15, 0.2) is 0 Å². The molecule has 1 heterocycles. The van der Waals surface area contributed by atoms with Crippen molar-refractivity contribution in [3.8, 4) is 0 Å². The molecule has 3 atom stereocenters. The fourth-order valence-corrected chi connectivity index (χ4v) is 4.27. The minimum atomic E-state index is 0.0459. The fourth-order valence-electron chi connectivity index (χ4n) is 4.27. The van der Waals surface area contributed by atoms with Gasteiger partial charge in [0, 0.05) is 18.1 Å². The largest absolute Gasteiger partial charge is 0.378 e. The summed E-state index contributed by atoms with van der Waals surface area (Å²) in [6, 6.07) is 0.394. The molecule has 2 saturated carbocycles. The Hall–Kier alpha value is -0.610. The van der Waals surface area contributed by atoms with Crippen molar-refractivity contribution in [1.82, 2.24) is 10.6 Å². The summed E-state index contributed by atoms with van der Waals surface area (Å²) in [5, 5.41) is 6.58. The SMILES string of the molecule is CCOC1CC(NC(=O)C2CCCN2)C12CCCC2. The van der Waals surface area contributed by atoms with Gasteiger partial charge in [-0.2, -0.15) is 0 Å². The number of rotatable bonds is 4. The van der Waals surface area contributed by atoms with E-state index in [1.807, 2.05) is 0 Å². The Morgan fingerprint density at radius 3 is 2.79 bits per heavy atom. The summed E-state index contributed by atoms with van der Waals surface area (Å²) >= 11 is 0. The van der Waals surface area contributed by atoms with Crippen LogP contribution in [-0.4, -0.2) is 37.2 Å². The first kappa shape index (κ1) is 13.4. The maximum Gasteiger partial charge on any atom is 0.237 e. The first-order valence-corrected chi connectivity index (χ1v) is 7.91. The molecule has 108 valence electrons. The molecule has 3 rings (SSSR count). The molecule has 2 N–H and O–H groups in total. The van der Waals surface area contributed by atoms with Crippen molar-refractivity contribution in [3.63, 3.8) is 0 Å². The van der Waals surface area contributed by atoms with Gasteiger partial charge in [0.1, 0.15) is 0 Å². The highest BCUT2D eigenvalue weighted by atomic mass is 16.5. The first-order chi connectivity index (χ1) is 9.26. The molecule has 0 radical (unpaired) electrons. The maximum atomic E-state index is 12.2. The van der Waals surface area contributed by atoms with Gasteiger partial charge < -0.3 is 15.4 Å². The number of carbonyl (C=O) groups is 1. The number of amides is 1.